The predicted octanol–water partition coefficient (Wildman–Crippen LogP) is 3.45. The number of carbonyl (C=O) groups is 5. The van der Waals surface area contributed by atoms with Crippen LogP contribution in [0.3, 0.4) is 0 Å². The van der Waals surface area contributed by atoms with Crippen molar-refractivity contribution in [3.05, 3.63) is 109 Å². The van der Waals surface area contributed by atoms with E-state index in [9.17, 15) is 34.2 Å². The lowest BCUT2D eigenvalue weighted by Gasteiger charge is -2.25. The van der Waals surface area contributed by atoms with Gasteiger partial charge in [-0.25, -0.2) is 4.79 Å². The topological polar surface area (TPSA) is 224 Å². The lowest BCUT2D eigenvalue weighted by atomic mass is 10.0. The Labute approximate surface area is 311 Å². The van der Waals surface area contributed by atoms with Crippen LogP contribution in [0.1, 0.15) is 57.4 Å². The molecule has 3 amide bonds. The van der Waals surface area contributed by atoms with Crippen LogP contribution in [0.2, 0.25) is 0 Å². The fourth-order valence-electron chi connectivity index (χ4n) is 4.39. The number of amides is 3. The van der Waals surface area contributed by atoms with Gasteiger partial charge in [0.05, 0.1) is 18.2 Å². The van der Waals surface area contributed by atoms with Crippen molar-refractivity contribution in [3.63, 3.8) is 0 Å². The van der Waals surface area contributed by atoms with Gasteiger partial charge in [-0.15, -0.1) is 0 Å². The van der Waals surface area contributed by atoms with Crippen molar-refractivity contribution in [1.82, 2.24) is 21.3 Å². The minimum absolute atomic E-state index is 0.0723. The maximum absolute atomic E-state index is 12.8. The second kappa shape index (κ2) is 29.3. The first-order valence-electron chi connectivity index (χ1n) is 17.5. The Hall–Kier alpha value is -5.31. The molecular formula is C39H54N4O10. The predicted molar refractivity (Wildman–Crippen MR) is 201 cm³/mol. The third-order valence-corrected chi connectivity index (χ3v) is 7.17. The standard InChI is InChI=1S/C39H54N4O10/c1-2-3-12-20-31(44)21-15-9-7-5-4-6-8-10-16-22-32(34(45)24-25-36(47)48)41-27-33(38(51)42-28-37(49)50)43-35(46)23-17-26-40-39(52)53-29-30-18-13-11-14-19-30/h3-4,6-16,18-19,21-22,31-34,41,44-45H,2,5,17,20,23-29H2,1H3,(H,40,52)(H,42,51)(H,43,46)(H,47,48)(H,49,50)/b6-4-,9-7-,10-8+,12-3-,21-15+,22-16+/t31-,32+,33-,34-/m0/s1. The van der Waals surface area contributed by atoms with Crippen molar-refractivity contribution >= 4 is 29.8 Å². The van der Waals surface area contributed by atoms with Gasteiger partial charge in [0.25, 0.3) is 0 Å². The molecule has 0 fully saturated rings. The summed E-state index contributed by atoms with van der Waals surface area (Å²) < 4.78 is 5.13. The van der Waals surface area contributed by atoms with E-state index in [-0.39, 0.29) is 45.4 Å². The van der Waals surface area contributed by atoms with Gasteiger partial charge in [0.1, 0.15) is 19.2 Å². The molecule has 14 nitrogen and oxygen atoms in total. The number of nitrogens with one attached hydrogen (secondary N) is 4. The van der Waals surface area contributed by atoms with Crippen molar-refractivity contribution in [1.29, 1.82) is 0 Å². The first-order chi connectivity index (χ1) is 25.5. The minimum atomic E-state index is -1.29. The number of aliphatic carboxylic acids is 2. The molecule has 4 atom stereocenters. The first kappa shape index (κ1) is 45.7. The average Bonchev–Trinajstić information content (AvgIpc) is 3.13. The summed E-state index contributed by atoms with van der Waals surface area (Å²) in [5.74, 6) is -3.71. The zero-order chi connectivity index (χ0) is 39.1. The highest BCUT2D eigenvalue weighted by molar-refractivity contribution is 5.89. The first-order valence-corrected chi connectivity index (χ1v) is 17.5. The summed E-state index contributed by atoms with van der Waals surface area (Å²) in [5, 5.41) is 49.0. The van der Waals surface area contributed by atoms with Crippen molar-refractivity contribution in [2.24, 2.45) is 0 Å². The van der Waals surface area contributed by atoms with Gasteiger partial charge >= 0.3 is 18.0 Å². The zero-order valence-corrected chi connectivity index (χ0v) is 30.1. The Bertz CT molecular complexity index is 1420. The normalized spacial score (nSPS) is 14.2. The van der Waals surface area contributed by atoms with E-state index in [0.717, 1.165) is 12.0 Å². The van der Waals surface area contributed by atoms with Gasteiger partial charge in [-0.3, -0.25) is 19.2 Å². The van der Waals surface area contributed by atoms with Crippen LogP contribution in [0.25, 0.3) is 0 Å². The number of benzene rings is 1. The van der Waals surface area contributed by atoms with Crippen LogP contribution >= 0.6 is 0 Å². The molecule has 0 saturated heterocycles. The van der Waals surface area contributed by atoms with E-state index in [1.807, 2.05) is 73.7 Å². The third-order valence-electron chi connectivity index (χ3n) is 7.17. The lowest BCUT2D eigenvalue weighted by molar-refractivity contribution is -0.138. The Balaban J connectivity index is 2.74. The number of allylic oxidation sites excluding steroid dienone is 9. The number of carbonyl (C=O) groups excluding carboxylic acids is 3. The van der Waals surface area contributed by atoms with E-state index in [1.54, 1.807) is 36.5 Å². The molecule has 8 N–H and O–H groups in total. The highest BCUT2D eigenvalue weighted by Crippen LogP contribution is 2.06. The van der Waals surface area contributed by atoms with E-state index in [4.69, 9.17) is 14.9 Å². The van der Waals surface area contributed by atoms with Crippen molar-refractivity contribution in [2.45, 2.75) is 82.8 Å². The second-order valence-electron chi connectivity index (χ2n) is 11.7. The van der Waals surface area contributed by atoms with E-state index in [2.05, 4.69) is 21.3 Å². The fraction of sp³-hybridized carbons (Fsp3) is 0.410. The summed E-state index contributed by atoms with van der Waals surface area (Å²) in [5.41, 5.74) is 0.817. The second-order valence-corrected chi connectivity index (χ2v) is 11.7. The quantitative estimate of drug-likeness (QED) is 0.0371. The Morgan fingerprint density at radius 2 is 1.51 bits per heavy atom. The van der Waals surface area contributed by atoms with Gasteiger partial charge in [0, 0.05) is 25.9 Å². The highest BCUT2D eigenvalue weighted by Gasteiger charge is 2.24. The SMILES string of the molecule is CC/C=C\C[C@H](O)/C=C/C=C\C\C=C/C=C/C=C/[C@@H](NC[C@H](NC(=O)CCCNC(=O)OCc1ccccc1)C(=O)NCC(=O)O)[C@@H](O)CCC(=O)O. The number of aliphatic hydroxyl groups excluding tert-OH is 2. The molecule has 1 aromatic rings. The van der Waals surface area contributed by atoms with Crippen LogP contribution < -0.4 is 21.3 Å². The van der Waals surface area contributed by atoms with Crippen LogP contribution in [0.4, 0.5) is 4.79 Å². The molecule has 0 unspecified atom stereocenters. The number of rotatable bonds is 27. The van der Waals surface area contributed by atoms with Gasteiger partial charge < -0.3 is 46.4 Å². The molecule has 14 heteroatoms. The summed E-state index contributed by atoms with van der Waals surface area (Å²) in [6, 6.07) is 7.03. The molecule has 53 heavy (non-hydrogen) atoms. The monoisotopic (exact) mass is 738 g/mol. The molecule has 0 saturated carbocycles. The number of ether oxygens (including phenoxy) is 1. The number of hydrogen-bond acceptors (Lipinski definition) is 9. The van der Waals surface area contributed by atoms with Crippen molar-refractivity contribution in [2.75, 3.05) is 19.6 Å². The molecule has 1 aromatic carbocycles. The van der Waals surface area contributed by atoms with Gasteiger partial charge in [0.2, 0.25) is 11.8 Å². The third kappa shape index (κ3) is 25.3. The number of alkyl carbamates (subject to hydrolysis) is 1. The van der Waals surface area contributed by atoms with E-state index >= 15 is 0 Å². The van der Waals surface area contributed by atoms with Gasteiger partial charge in [-0.2, -0.15) is 0 Å². The smallest absolute Gasteiger partial charge is 0.407 e. The molecule has 1 rings (SSSR count). The molecule has 290 valence electrons. The summed E-state index contributed by atoms with van der Waals surface area (Å²) in [7, 11) is 0. The molecule has 0 bridgehead atoms. The fourth-order valence-corrected chi connectivity index (χ4v) is 4.39. The van der Waals surface area contributed by atoms with Gasteiger partial charge in [-0.1, -0.05) is 110 Å². The highest BCUT2D eigenvalue weighted by atomic mass is 16.5. The van der Waals surface area contributed by atoms with Crippen LogP contribution in [-0.4, -0.2) is 94.2 Å². The molecule has 0 aliphatic rings. The number of hydrogen-bond donors (Lipinski definition) is 8. The van der Waals surface area contributed by atoms with E-state index in [0.29, 0.717) is 12.8 Å². The molecular weight excluding hydrogens is 684 g/mol. The summed E-state index contributed by atoms with van der Waals surface area (Å²) in [6.07, 6.45) is 21.1. The van der Waals surface area contributed by atoms with E-state index < -0.39 is 60.7 Å². The van der Waals surface area contributed by atoms with Crippen LogP contribution in [0.15, 0.2) is 103 Å². The van der Waals surface area contributed by atoms with Gasteiger partial charge in [-0.05, 0) is 37.7 Å². The Morgan fingerprint density at radius 3 is 2.21 bits per heavy atom. The molecule has 0 aliphatic heterocycles. The average molecular weight is 739 g/mol. The lowest BCUT2D eigenvalue weighted by Crippen LogP contribution is -2.55. The largest absolute Gasteiger partial charge is 0.481 e. The molecule has 0 heterocycles. The zero-order valence-electron chi connectivity index (χ0n) is 30.1. The number of carboxylic acid groups (broad SMARTS) is 2. The maximum Gasteiger partial charge on any atom is 0.407 e. The van der Waals surface area contributed by atoms with Gasteiger partial charge in [0.15, 0.2) is 0 Å². The molecule has 0 aromatic heterocycles. The van der Waals surface area contributed by atoms with E-state index in [1.165, 1.54) is 0 Å². The van der Waals surface area contributed by atoms with Crippen molar-refractivity contribution < 1.29 is 49.1 Å². The number of aliphatic hydroxyl groups is 2. The van der Waals surface area contributed by atoms with Crippen LogP contribution in [0, 0.1) is 0 Å². The van der Waals surface area contributed by atoms with Crippen LogP contribution in [0.5, 0.6) is 0 Å². The Morgan fingerprint density at radius 1 is 0.811 bits per heavy atom. The molecule has 0 aliphatic carbocycles. The Kier molecular flexibility index (Phi) is 25.3. The maximum atomic E-state index is 12.8. The van der Waals surface area contributed by atoms with Crippen molar-refractivity contribution in [3.8, 4) is 0 Å². The molecule has 0 spiro atoms. The summed E-state index contributed by atoms with van der Waals surface area (Å²) >= 11 is 0. The summed E-state index contributed by atoms with van der Waals surface area (Å²) in [4.78, 5) is 59.6. The molecule has 0 radical (unpaired) electrons. The summed E-state index contributed by atoms with van der Waals surface area (Å²) in [6.45, 7) is 1.33. The minimum Gasteiger partial charge on any atom is -0.481 e. The number of carboxylic acids is 2. The van der Waals surface area contributed by atoms with Crippen LogP contribution in [-0.2, 0) is 30.5 Å².